The van der Waals surface area contributed by atoms with Gasteiger partial charge in [0.25, 0.3) is 5.91 Å². The molecule has 2 heterocycles. The standard InChI is InChI=1S/C17H20N4O4S/c1-2-18-16-7-6-13(20-21-16)11-4-3-5-12(8-11)17(23)19-14-9-26(24,25)10-15(14)22/h3-8,14-15,22H,2,9-10H2,1H3,(H,18,21)(H,19,23)/t14-,15-/m1/s1. The molecule has 138 valence electrons. The molecule has 0 aliphatic carbocycles. The molecule has 1 saturated heterocycles. The van der Waals surface area contributed by atoms with Crippen molar-refractivity contribution in [1.29, 1.82) is 0 Å². The molecule has 3 rings (SSSR count). The van der Waals surface area contributed by atoms with Crippen molar-refractivity contribution >= 4 is 21.6 Å². The number of amides is 1. The van der Waals surface area contributed by atoms with Crippen LogP contribution < -0.4 is 10.6 Å². The van der Waals surface area contributed by atoms with Gasteiger partial charge >= 0.3 is 0 Å². The number of hydrogen-bond donors (Lipinski definition) is 3. The Balaban J connectivity index is 1.75. The normalized spacial score (nSPS) is 21.3. The summed E-state index contributed by atoms with van der Waals surface area (Å²) < 4.78 is 23.1. The van der Waals surface area contributed by atoms with E-state index in [2.05, 4.69) is 20.8 Å². The maximum Gasteiger partial charge on any atom is 0.251 e. The number of rotatable bonds is 5. The molecule has 1 aliphatic heterocycles. The lowest BCUT2D eigenvalue weighted by Gasteiger charge is -2.15. The third-order valence-corrected chi connectivity index (χ3v) is 5.80. The predicted octanol–water partition coefficient (Wildman–Crippen LogP) is 0.463. The maximum absolute atomic E-state index is 12.4. The van der Waals surface area contributed by atoms with Crippen molar-refractivity contribution in [2.45, 2.75) is 19.1 Å². The molecule has 2 atom stereocenters. The molecular formula is C17H20N4O4S. The van der Waals surface area contributed by atoms with E-state index in [0.29, 0.717) is 22.6 Å². The van der Waals surface area contributed by atoms with E-state index in [9.17, 15) is 18.3 Å². The van der Waals surface area contributed by atoms with E-state index in [0.717, 1.165) is 6.54 Å². The van der Waals surface area contributed by atoms with Crippen LogP contribution in [0.25, 0.3) is 11.3 Å². The summed E-state index contributed by atoms with van der Waals surface area (Å²) in [5.41, 5.74) is 1.69. The summed E-state index contributed by atoms with van der Waals surface area (Å²) in [6, 6.07) is 9.61. The van der Waals surface area contributed by atoms with E-state index in [-0.39, 0.29) is 11.5 Å². The minimum atomic E-state index is -3.32. The van der Waals surface area contributed by atoms with Crippen LogP contribution in [-0.2, 0) is 9.84 Å². The van der Waals surface area contributed by atoms with Crippen molar-refractivity contribution in [2.75, 3.05) is 23.4 Å². The Labute approximate surface area is 151 Å². The van der Waals surface area contributed by atoms with Crippen LogP contribution in [0, 0.1) is 0 Å². The van der Waals surface area contributed by atoms with Gasteiger partial charge in [0.15, 0.2) is 9.84 Å². The van der Waals surface area contributed by atoms with Crippen molar-refractivity contribution in [3.05, 3.63) is 42.0 Å². The van der Waals surface area contributed by atoms with Crippen LogP contribution in [0.2, 0.25) is 0 Å². The molecule has 0 saturated carbocycles. The average molecular weight is 376 g/mol. The van der Waals surface area contributed by atoms with Gasteiger partial charge in [0.05, 0.1) is 29.3 Å². The van der Waals surface area contributed by atoms with Crippen molar-refractivity contribution in [3.63, 3.8) is 0 Å². The number of aromatic nitrogens is 2. The van der Waals surface area contributed by atoms with Gasteiger partial charge in [-0.05, 0) is 31.2 Å². The third-order valence-electron chi connectivity index (χ3n) is 4.08. The lowest BCUT2D eigenvalue weighted by Crippen LogP contribution is -2.42. The van der Waals surface area contributed by atoms with E-state index >= 15 is 0 Å². The summed E-state index contributed by atoms with van der Waals surface area (Å²) in [5.74, 6) is -0.352. The number of nitrogens with zero attached hydrogens (tertiary/aromatic N) is 2. The Morgan fingerprint density at radius 1 is 1.23 bits per heavy atom. The summed E-state index contributed by atoms with van der Waals surface area (Å²) in [7, 11) is -3.32. The number of sulfone groups is 1. The fraction of sp³-hybridized carbons (Fsp3) is 0.353. The summed E-state index contributed by atoms with van der Waals surface area (Å²) in [4.78, 5) is 12.4. The molecule has 9 heteroatoms. The van der Waals surface area contributed by atoms with Crippen LogP contribution in [0.1, 0.15) is 17.3 Å². The Hall–Kier alpha value is -2.52. The van der Waals surface area contributed by atoms with Crippen molar-refractivity contribution in [3.8, 4) is 11.3 Å². The fourth-order valence-electron chi connectivity index (χ4n) is 2.80. The molecule has 8 nitrogen and oxygen atoms in total. The molecule has 1 aromatic carbocycles. The topological polar surface area (TPSA) is 121 Å². The van der Waals surface area contributed by atoms with Gasteiger partial charge in [0.1, 0.15) is 5.82 Å². The molecule has 2 aromatic rings. The van der Waals surface area contributed by atoms with Gasteiger partial charge in [-0.1, -0.05) is 12.1 Å². The Morgan fingerprint density at radius 3 is 2.65 bits per heavy atom. The lowest BCUT2D eigenvalue weighted by atomic mass is 10.1. The Kier molecular flexibility index (Phi) is 5.19. The van der Waals surface area contributed by atoms with Gasteiger partial charge in [-0.2, -0.15) is 0 Å². The quantitative estimate of drug-likeness (QED) is 0.693. The Morgan fingerprint density at radius 2 is 2.04 bits per heavy atom. The number of nitrogens with one attached hydrogen (secondary N) is 2. The number of aliphatic hydroxyl groups excluding tert-OH is 1. The lowest BCUT2D eigenvalue weighted by molar-refractivity contribution is 0.0889. The van der Waals surface area contributed by atoms with Gasteiger partial charge in [0, 0.05) is 17.7 Å². The van der Waals surface area contributed by atoms with Gasteiger partial charge in [-0.25, -0.2) is 8.42 Å². The molecule has 0 bridgehead atoms. The first kappa shape index (κ1) is 18.3. The van der Waals surface area contributed by atoms with Crippen LogP contribution >= 0.6 is 0 Å². The van der Waals surface area contributed by atoms with Crippen LogP contribution in [0.4, 0.5) is 5.82 Å². The zero-order valence-corrected chi connectivity index (χ0v) is 15.0. The second-order valence-corrected chi connectivity index (χ2v) is 8.29. The van der Waals surface area contributed by atoms with E-state index in [1.54, 1.807) is 30.3 Å². The Bertz CT molecular complexity index is 899. The molecule has 1 aromatic heterocycles. The largest absolute Gasteiger partial charge is 0.390 e. The fourth-order valence-corrected chi connectivity index (χ4v) is 4.54. The van der Waals surface area contributed by atoms with Crippen LogP contribution in [0.15, 0.2) is 36.4 Å². The summed E-state index contributed by atoms with van der Waals surface area (Å²) in [6.07, 6.45) is -1.09. The SMILES string of the molecule is CCNc1ccc(-c2cccc(C(=O)N[C@@H]3CS(=O)(=O)C[C@H]3O)c2)nn1. The number of carbonyl (C=O) groups is 1. The van der Waals surface area contributed by atoms with Crippen molar-refractivity contribution in [2.24, 2.45) is 0 Å². The third kappa shape index (κ3) is 4.17. The number of anilines is 1. The molecule has 0 spiro atoms. The first-order valence-corrected chi connectivity index (χ1v) is 10.1. The van der Waals surface area contributed by atoms with Crippen molar-refractivity contribution < 1.29 is 18.3 Å². The van der Waals surface area contributed by atoms with Gasteiger partial charge in [-0.15, -0.1) is 10.2 Å². The molecule has 0 radical (unpaired) electrons. The molecule has 1 fully saturated rings. The molecule has 26 heavy (non-hydrogen) atoms. The summed E-state index contributed by atoms with van der Waals surface area (Å²) >= 11 is 0. The minimum Gasteiger partial charge on any atom is -0.390 e. The molecule has 1 aliphatic rings. The number of hydrogen-bond acceptors (Lipinski definition) is 7. The molecular weight excluding hydrogens is 356 g/mol. The number of benzene rings is 1. The monoisotopic (exact) mass is 376 g/mol. The zero-order valence-electron chi connectivity index (χ0n) is 14.2. The summed E-state index contributed by atoms with van der Waals surface area (Å²) in [6.45, 7) is 2.70. The smallest absolute Gasteiger partial charge is 0.251 e. The highest BCUT2D eigenvalue weighted by atomic mass is 32.2. The average Bonchev–Trinajstić information content (AvgIpc) is 2.87. The zero-order chi connectivity index (χ0) is 18.7. The van der Waals surface area contributed by atoms with E-state index in [1.165, 1.54) is 0 Å². The van der Waals surface area contributed by atoms with Crippen LogP contribution in [0.3, 0.4) is 0 Å². The molecule has 3 N–H and O–H groups in total. The van der Waals surface area contributed by atoms with E-state index < -0.39 is 27.9 Å². The molecule has 1 amide bonds. The van der Waals surface area contributed by atoms with Gasteiger partial charge < -0.3 is 15.7 Å². The number of aliphatic hydroxyl groups is 1. The highest BCUT2D eigenvalue weighted by Gasteiger charge is 2.37. The summed E-state index contributed by atoms with van der Waals surface area (Å²) in [5, 5.41) is 23.7. The van der Waals surface area contributed by atoms with Crippen molar-refractivity contribution in [1.82, 2.24) is 15.5 Å². The minimum absolute atomic E-state index is 0.253. The van der Waals surface area contributed by atoms with E-state index in [1.807, 2.05) is 13.0 Å². The second kappa shape index (κ2) is 7.38. The first-order valence-electron chi connectivity index (χ1n) is 8.25. The predicted molar refractivity (Wildman–Crippen MR) is 97.5 cm³/mol. The highest BCUT2D eigenvalue weighted by molar-refractivity contribution is 7.91. The molecule has 0 unspecified atom stereocenters. The number of carbonyl (C=O) groups excluding carboxylic acids is 1. The van der Waals surface area contributed by atoms with Crippen LogP contribution in [0.5, 0.6) is 0 Å². The van der Waals surface area contributed by atoms with Gasteiger partial charge in [-0.3, -0.25) is 4.79 Å². The first-order chi connectivity index (χ1) is 12.4. The second-order valence-electron chi connectivity index (χ2n) is 6.14. The van der Waals surface area contributed by atoms with E-state index in [4.69, 9.17) is 0 Å². The maximum atomic E-state index is 12.4. The highest BCUT2D eigenvalue weighted by Crippen LogP contribution is 2.19. The van der Waals surface area contributed by atoms with Crippen LogP contribution in [-0.4, -0.2) is 59.8 Å². The van der Waals surface area contributed by atoms with Gasteiger partial charge in [0.2, 0.25) is 0 Å².